The van der Waals surface area contributed by atoms with Crippen molar-refractivity contribution < 1.29 is 0 Å². The van der Waals surface area contributed by atoms with E-state index in [1.165, 1.54) is 42.8 Å². The van der Waals surface area contributed by atoms with Crippen molar-refractivity contribution in [1.82, 2.24) is 0 Å². The maximum absolute atomic E-state index is 5.70. The molecule has 2 nitrogen and oxygen atoms in total. The average molecular weight is 707 g/mol. The number of fused-ring (bicyclic) bond motifs is 3. The molecule has 0 bridgehead atoms. The Hall–Kier alpha value is -5.30. The lowest BCUT2D eigenvalue weighted by Crippen LogP contribution is -2.07. The predicted octanol–water partition coefficient (Wildman–Crippen LogP) is 13.5. The molecule has 3 heteroatoms. The second-order valence-electron chi connectivity index (χ2n) is 14.4. The van der Waals surface area contributed by atoms with E-state index in [0.717, 1.165) is 96.4 Å². The summed E-state index contributed by atoms with van der Waals surface area (Å²) in [7, 11) is 0. The van der Waals surface area contributed by atoms with E-state index in [1.54, 1.807) is 0 Å². The van der Waals surface area contributed by atoms with Crippen LogP contribution in [0.1, 0.15) is 115 Å². The molecule has 0 saturated carbocycles. The van der Waals surface area contributed by atoms with Gasteiger partial charge in [-0.2, -0.15) is 0 Å². The molecule has 0 saturated heterocycles. The van der Waals surface area contributed by atoms with Crippen LogP contribution in [0.15, 0.2) is 131 Å². The third kappa shape index (κ3) is 7.48. The van der Waals surface area contributed by atoms with Crippen molar-refractivity contribution in [1.29, 1.82) is 0 Å². The molecule has 0 N–H and O–H groups in total. The highest BCUT2D eigenvalue weighted by Crippen LogP contribution is 2.39. The van der Waals surface area contributed by atoms with Crippen LogP contribution in [0.2, 0.25) is 0 Å². The van der Waals surface area contributed by atoms with Gasteiger partial charge in [-0.3, -0.25) is 0 Å². The van der Waals surface area contributed by atoms with Crippen LogP contribution in [0.3, 0.4) is 0 Å². The maximum atomic E-state index is 5.70. The molecular weight excluding hydrogens is 661 g/mol. The summed E-state index contributed by atoms with van der Waals surface area (Å²) >= 11 is 1.92. The van der Waals surface area contributed by atoms with Gasteiger partial charge in [-0.1, -0.05) is 116 Å². The van der Waals surface area contributed by atoms with E-state index < -0.39 is 0 Å². The van der Waals surface area contributed by atoms with E-state index in [-0.39, 0.29) is 0 Å². The molecule has 0 amide bonds. The molecule has 3 aromatic carbocycles. The van der Waals surface area contributed by atoms with Crippen molar-refractivity contribution in [2.45, 2.75) is 78.1 Å². The minimum atomic E-state index is 0.327. The highest BCUT2D eigenvalue weighted by atomic mass is 32.1. The van der Waals surface area contributed by atoms with Gasteiger partial charge in [-0.05, 0) is 122 Å². The van der Waals surface area contributed by atoms with Crippen LogP contribution >= 0.6 is 11.3 Å². The Morgan fingerprint density at radius 1 is 0.830 bits per heavy atom. The van der Waals surface area contributed by atoms with E-state index >= 15 is 0 Å². The Kier molecular flexibility index (Phi) is 10.3. The van der Waals surface area contributed by atoms with Gasteiger partial charge in [0.15, 0.2) is 5.84 Å². The molecule has 4 aliphatic rings. The Labute approximate surface area is 319 Å². The molecule has 262 valence electrons. The Morgan fingerprint density at radius 2 is 1.72 bits per heavy atom. The molecule has 1 aromatic heterocycles. The summed E-state index contributed by atoms with van der Waals surface area (Å²) in [5.74, 6) is 7.72. The molecule has 4 aromatic rings. The van der Waals surface area contributed by atoms with Gasteiger partial charge in [0, 0.05) is 49.7 Å². The second kappa shape index (κ2) is 15.7. The van der Waals surface area contributed by atoms with Gasteiger partial charge < -0.3 is 0 Å². The zero-order valence-electron chi connectivity index (χ0n) is 31.1. The molecule has 1 heterocycles. The van der Waals surface area contributed by atoms with E-state index in [9.17, 15) is 0 Å². The fraction of sp³-hybridized carbons (Fsp3) is 0.240. The predicted molar refractivity (Wildman–Crippen MR) is 231 cm³/mol. The maximum Gasteiger partial charge on any atom is 0.160 e. The van der Waals surface area contributed by atoms with E-state index in [1.807, 2.05) is 11.3 Å². The van der Waals surface area contributed by atoms with Gasteiger partial charge in [0.2, 0.25) is 0 Å². The Bertz CT molecular complexity index is 2430. The number of hydrogen-bond donors (Lipinski definition) is 0. The summed E-state index contributed by atoms with van der Waals surface area (Å²) < 4.78 is 1.29. The monoisotopic (exact) mass is 706 g/mol. The van der Waals surface area contributed by atoms with Crippen molar-refractivity contribution in [2.24, 2.45) is 9.98 Å². The third-order valence-corrected chi connectivity index (χ3v) is 11.9. The second-order valence-corrected chi connectivity index (χ2v) is 15.5. The number of hydrogen-bond acceptors (Lipinski definition) is 2. The van der Waals surface area contributed by atoms with Gasteiger partial charge in [-0.15, -0.1) is 11.3 Å². The number of allylic oxidation sites excluding steroid dienone is 12. The molecule has 0 fully saturated rings. The summed E-state index contributed by atoms with van der Waals surface area (Å²) in [6.45, 7) is 6.60. The third-order valence-electron chi connectivity index (χ3n) is 10.7. The normalized spacial score (nSPS) is 18.7. The standard InChI is InChI=1S/C50H46N2S/c1-4-34(2)49(43-32-41(37-20-10-6-11-21-37)31-42(33-43)38-22-12-7-13-23-38)52-50(45-27-17-29-47-48(45)44-26-14-15-28-46(44)53-47)51-35(3)39-24-16-25-40(30-39)36-18-8-5-9-19-36/h6,10-12,14,16-18,20,22-27,29-33,37H,4-5,7-8,13,15,21,28H2,1-3H3/b49-34-,51-35?,52-50?/t37-/m0/s1. The number of amidine groups is 1. The van der Waals surface area contributed by atoms with Crippen LogP contribution in [0, 0.1) is 11.8 Å². The molecule has 0 aliphatic heterocycles. The molecular formula is C50H46N2S. The van der Waals surface area contributed by atoms with E-state index in [4.69, 9.17) is 9.98 Å². The number of rotatable bonds is 8. The van der Waals surface area contributed by atoms with Gasteiger partial charge in [0.1, 0.15) is 0 Å². The number of aryl methyl sites for hydroxylation is 1. The highest BCUT2D eigenvalue weighted by molar-refractivity contribution is 7.19. The van der Waals surface area contributed by atoms with Crippen molar-refractivity contribution in [3.05, 3.63) is 165 Å². The van der Waals surface area contributed by atoms with Crippen LogP contribution in [-0.2, 0) is 6.42 Å². The van der Waals surface area contributed by atoms with Crippen molar-refractivity contribution in [2.75, 3.05) is 0 Å². The topological polar surface area (TPSA) is 24.7 Å². The molecule has 0 radical (unpaired) electrons. The quantitative estimate of drug-likeness (QED) is 0.0990. The lowest BCUT2D eigenvalue weighted by atomic mass is 9.87. The van der Waals surface area contributed by atoms with E-state index in [0.29, 0.717) is 5.92 Å². The highest BCUT2D eigenvalue weighted by Gasteiger charge is 2.21. The van der Waals surface area contributed by atoms with Gasteiger partial charge in [-0.25, -0.2) is 9.98 Å². The SMILES string of the molecule is CC/C(C)=C(\N=C(N=C(C)c1cccc(C2=CCCC#C2)c1)c1cccc2sc3c(c12)C=CCC3)c1cc(C2=CCCC=C2)cc([C@H]2C=CC=CC2)c1. The fourth-order valence-electron chi connectivity index (χ4n) is 7.66. The van der Waals surface area contributed by atoms with Gasteiger partial charge in [0.05, 0.1) is 5.70 Å². The molecule has 4 aliphatic carbocycles. The fourth-order valence-corrected chi connectivity index (χ4v) is 8.89. The molecule has 0 unspecified atom stereocenters. The van der Waals surface area contributed by atoms with Crippen molar-refractivity contribution in [3.8, 4) is 11.8 Å². The van der Waals surface area contributed by atoms with Gasteiger partial charge in [0.25, 0.3) is 0 Å². The molecule has 1 atom stereocenters. The number of thiophene rings is 1. The lowest BCUT2D eigenvalue weighted by Gasteiger charge is -2.19. The molecule has 8 rings (SSSR count). The average Bonchev–Trinajstić information content (AvgIpc) is 3.62. The summed E-state index contributed by atoms with van der Waals surface area (Å²) in [4.78, 5) is 12.7. The molecule has 53 heavy (non-hydrogen) atoms. The van der Waals surface area contributed by atoms with Gasteiger partial charge >= 0.3 is 0 Å². The largest absolute Gasteiger partial charge is 0.233 e. The smallest absolute Gasteiger partial charge is 0.160 e. The summed E-state index contributed by atoms with van der Waals surface area (Å²) in [6.07, 6.45) is 31.0. The summed E-state index contributed by atoms with van der Waals surface area (Å²) in [5.41, 5.74) is 13.9. The minimum absolute atomic E-state index is 0.327. The van der Waals surface area contributed by atoms with Crippen molar-refractivity contribution in [3.63, 3.8) is 0 Å². The first kappa shape index (κ1) is 34.8. The first-order valence-corrected chi connectivity index (χ1v) is 20.1. The zero-order chi connectivity index (χ0) is 36.1. The van der Waals surface area contributed by atoms with Crippen LogP contribution in [0.4, 0.5) is 0 Å². The number of aliphatic imine (C=N–C) groups is 2. The first-order chi connectivity index (χ1) is 26.1. The summed E-state index contributed by atoms with van der Waals surface area (Å²) in [5, 5.41) is 1.26. The van der Waals surface area contributed by atoms with Crippen LogP contribution < -0.4 is 0 Å². The number of nitrogens with zero attached hydrogens (tertiary/aromatic N) is 2. The lowest BCUT2D eigenvalue weighted by molar-refractivity contribution is 0.852. The Balaban J connectivity index is 1.34. The minimum Gasteiger partial charge on any atom is -0.233 e. The zero-order valence-corrected chi connectivity index (χ0v) is 31.9. The van der Waals surface area contributed by atoms with E-state index in [2.05, 4.69) is 154 Å². The van der Waals surface area contributed by atoms with Crippen LogP contribution in [0.5, 0.6) is 0 Å². The van der Waals surface area contributed by atoms with Crippen LogP contribution in [-0.4, -0.2) is 11.5 Å². The summed E-state index contributed by atoms with van der Waals surface area (Å²) in [6, 6.07) is 22.5. The van der Waals surface area contributed by atoms with Crippen molar-refractivity contribution >= 4 is 55.9 Å². The molecule has 0 spiro atoms. The first-order valence-electron chi connectivity index (χ1n) is 19.3. The number of benzene rings is 3. The Morgan fingerprint density at radius 3 is 2.53 bits per heavy atom. The van der Waals surface area contributed by atoms with Crippen LogP contribution in [0.25, 0.3) is 33.0 Å².